The molecule has 2 rings (SSSR count). The van der Waals surface area contributed by atoms with E-state index in [1.807, 2.05) is 42.5 Å². The second kappa shape index (κ2) is 9.97. The second-order valence-electron chi connectivity index (χ2n) is 5.41. The highest BCUT2D eigenvalue weighted by Gasteiger charge is 2.05. The molecule has 0 unspecified atom stereocenters. The molecule has 132 valence electrons. The van der Waals surface area contributed by atoms with Crippen LogP contribution in [0.4, 0.5) is 10.5 Å². The molecule has 6 nitrogen and oxygen atoms in total. The lowest BCUT2D eigenvalue weighted by Gasteiger charge is -2.10. The molecule has 6 heteroatoms. The zero-order chi connectivity index (χ0) is 17.9. The predicted molar refractivity (Wildman–Crippen MR) is 97.8 cm³/mol. The monoisotopic (exact) mass is 341 g/mol. The number of anilines is 1. The highest BCUT2D eigenvalue weighted by Crippen LogP contribution is 2.17. The molecule has 0 radical (unpaired) electrons. The predicted octanol–water partition coefficient (Wildman–Crippen LogP) is 2.57. The first-order valence-corrected chi connectivity index (χ1v) is 8.17. The first-order chi connectivity index (χ1) is 12.2. The fourth-order valence-corrected chi connectivity index (χ4v) is 2.32. The van der Waals surface area contributed by atoms with Crippen molar-refractivity contribution in [3.05, 3.63) is 60.2 Å². The minimum atomic E-state index is -0.326. The van der Waals surface area contributed by atoms with E-state index < -0.39 is 0 Å². The Morgan fingerprint density at radius 3 is 2.40 bits per heavy atom. The molecule has 2 aromatic rings. The van der Waals surface area contributed by atoms with Crippen molar-refractivity contribution in [1.82, 2.24) is 10.6 Å². The standard InChI is InChI=1S/C19H23N3O3/c1-25-17-10-6-5-7-15(17)11-13-20-18(23)12-14-21-19(24)22-16-8-3-2-4-9-16/h2-10H,11-14H2,1H3,(H,20,23)(H2,21,22,24). The molecule has 0 atom stereocenters. The van der Waals surface area contributed by atoms with Gasteiger partial charge in [-0.1, -0.05) is 36.4 Å². The van der Waals surface area contributed by atoms with Gasteiger partial charge in [-0.2, -0.15) is 0 Å². The number of para-hydroxylation sites is 2. The summed E-state index contributed by atoms with van der Waals surface area (Å²) < 4.78 is 5.28. The molecule has 0 saturated heterocycles. The molecular weight excluding hydrogens is 318 g/mol. The number of ether oxygens (including phenoxy) is 1. The van der Waals surface area contributed by atoms with E-state index in [1.54, 1.807) is 19.2 Å². The van der Waals surface area contributed by atoms with Crippen LogP contribution in [0.1, 0.15) is 12.0 Å². The topological polar surface area (TPSA) is 79.5 Å². The van der Waals surface area contributed by atoms with Gasteiger partial charge in [-0.15, -0.1) is 0 Å². The van der Waals surface area contributed by atoms with E-state index in [0.717, 1.165) is 11.3 Å². The summed E-state index contributed by atoms with van der Waals surface area (Å²) >= 11 is 0. The van der Waals surface area contributed by atoms with Crippen LogP contribution >= 0.6 is 0 Å². The van der Waals surface area contributed by atoms with Crippen molar-refractivity contribution in [2.24, 2.45) is 0 Å². The van der Waals surface area contributed by atoms with Gasteiger partial charge in [0.2, 0.25) is 5.91 Å². The maximum atomic E-state index is 11.8. The van der Waals surface area contributed by atoms with Gasteiger partial charge < -0.3 is 20.7 Å². The molecule has 25 heavy (non-hydrogen) atoms. The highest BCUT2D eigenvalue weighted by molar-refractivity contribution is 5.89. The lowest BCUT2D eigenvalue weighted by atomic mass is 10.1. The third-order valence-electron chi connectivity index (χ3n) is 3.58. The fourth-order valence-electron chi connectivity index (χ4n) is 2.32. The molecule has 0 fully saturated rings. The van der Waals surface area contributed by atoms with Gasteiger partial charge in [0.1, 0.15) is 5.75 Å². The van der Waals surface area contributed by atoms with Gasteiger partial charge >= 0.3 is 6.03 Å². The molecule has 2 aromatic carbocycles. The van der Waals surface area contributed by atoms with Crippen molar-refractivity contribution in [2.75, 3.05) is 25.5 Å². The van der Waals surface area contributed by atoms with Crippen molar-refractivity contribution in [2.45, 2.75) is 12.8 Å². The van der Waals surface area contributed by atoms with E-state index in [2.05, 4.69) is 16.0 Å². The molecule has 0 bridgehead atoms. The van der Waals surface area contributed by atoms with Gasteiger partial charge in [0, 0.05) is 25.2 Å². The summed E-state index contributed by atoms with van der Waals surface area (Å²) in [7, 11) is 1.63. The van der Waals surface area contributed by atoms with Crippen molar-refractivity contribution < 1.29 is 14.3 Å². The van der Waals surface area contributed by atoms with Crippen LogP contribution in [0.25, 0.3) is 0 Å². The number of methoxy groups -OCH3 is 1. The van der Waals surface area contributed by atoms with E-state index in [-0.39, 0.29) is 24.9 Å². The molecule has 0 aliphatic heterocycles. The quantitative estimate of drug-likeness (QED) is 0.690. The number of amides is 3. The Hall–Kier alpha value is -3.02. The van der Waals surface area contributed by atoms with Crippen molar-refractivity contribution in [3.63, 3.8) is 0 Å². The normalized spacial score (nSPS) is 9.96. The van der Waals surface area contributed by atoms with Crippen LogP contribution in [0, 0.1) is 0 Å². The zero-order valence-corrected chi connectivity index (χ0v) is 14.2. The lowest BCUT2D eigenvalue weighted by molar-refractivity contribution is -0.120. The second-order valence-corrected chi connectivity index (χ2v) is 5.41. The number of hydrogen-bond donors (Lipinski definition) is 3. The number of carbonyl (C=O) groups excluding carboxylic acids is 2. The summed E-state index contributed by atoms with van der Waals surface area (Å²) in [4.78, 5) is 23.5. The van der Waals surface area contributed by atoms with Crippen LogP contribution in [0.3, 0.4) is 0 Å². The van der Waals surface area contributed by atoms with Crippen LogP contribution in [0.15, 0.2) is 54.6 Å². The average Bonchev–Trinajstić information content (AvgIpc) is 2.63. The van der Waals surface area contributed by atoms with Gasteiger partial charge in [0.15, 0.2) is 0 Å². The van der Waals surface area contributed by atoms with Crippen LogP contribution in [0.5, 0.6) is 5.75 Å². The molecule has 0 aliphatic carbocycles. The Kier molecular flexibility index (Phi) is 7.31. The van der Waals surface area contributed by atoms with Crippen LogP contribution in [0.2, 0.25) is 0 Å². The molecular formula is C19H23N3O3. The molecule has 0 heterocycles. The molecule has 0 aliphatic rings. The first kappa shape index (κ1) is 18.3. The van der Waals surface area contributed by atoms with Crippen molar-refractivity contribution in [1.29, 1.82) is 0 Å². The third kappa shape index (κ3) is 6.55. The lowest BCUT2D eigenvalue weighted by Crippen LogP contribution is -2.33. The molecule has 0 aromatic heterocycles. The van der Waals surface area contributed by atoms with Gasteiger partial charge in [0.25, 0.3) is 0 Å². The van der Waals surface area contributed by atoms with Crippen LogP contribution in [-0.4, -0.2) is 32.1 Å². The Bertz CT molecular complexity index is 689. The SMILES string of the molecule is COc1ccccc1CCNC(=O)CCNC(=O)Nc1ccccc1. The number of carbonyl (C=O) groups is 2. The Balaban J connectivity index is 1.61. The molecule has 3 N–H and O–H groups in total. The van der Waals surface area contributed by atoms with E-state index in [4.69, 9.17) is 4.74 Å². The first-order valence-electron chi connectivity index (χ1n) is 8.17. The van der Waals surface area contributed by atoms with Gasteiger partial charge in [-0.3, -0.25) is 4.79 Å². The van der Waals surface area contributed by atoms with Gasteiger partial charge in [0.05, 0.1) is 7.11 Å². The number of benzene rings is 2. The summed E-state index contributed by atoms with van der Waals surface area (Å²) in [5.74, 6) is 0.714. The number of nitrogens with one attached hydrogen (secondary N) is 3. The summed E-state index contributed by atoms with van der Waals surface area (Å²) in [6.45, 7) is 0.800. The summed E-state index contributed by atoms with van der Waals surface area (Å²) in [6, 6.07) is 16.5. The molecule has 0 spiro atoms. The largest absolute Gasteiger partial charge is 0.496 e. The van der Waals surface area contributed by atoms with Gasteiger partial charge in [-0.25, -0.2) is 4.79 Å². The highest BCUT2D eigenvalue weighted by atomic mass is 16.5. The smallest absolute Gasteiger partial charge is 0.319 e. The Morgan fingerprint density at radius 2 is 1.64 bits per heavy atom. The Labute approximate surface area is 147 Å². The van der Waals surface area contributed by atoms with Gasteiger partial charge in [-0.05, 0) is 30.2 Å². The van der Waals surface area contributed by atoms with E-state index >= 15 is 0 Å². The van der Waals surface area contributed by atoms with Crippen molar-refractivity contribution >= 4 is 17.6 Å². The molecule has 0 saturated carbocycles. The Morgan fingerprint density at radius 1 is 0.920 bits per heavy atom. The maximum absolute atomic E-state index is 11.8. The third-order valence-corrected chi connectivity index (χ3v) is 3.58. The number of hydrogen-bond acceptors (Lipinski definition) is 3. The molecule has 3 amide bonds. The summed E-state index contributed by atoms with van der Waals surface area (Å²) in [6.07, 6.45) is 0.922. The fraction of sp³-hybridized carbons (Fsp3) is 0.263. The van der Waals surface area contributed by atoms with Crippen molar-refractivity contribution in [3.8, 4) is 5.75 Å². The summed E-state index contributed by atoms with van der Waals surface area (Å²) in [5, 5.41) is 8.19. The van der Waals surface area contributed by atoms with E-state index in [0.29, 0.717) is 18.7 Å². The van der Waals surface area contributed by atoms with E-state index in [1.165, 1.54) is 0 Å². The minimum Gasteiger partial charge on any atom is -0.496 e. The average molecular weight is 341 g/mol. The summed E-state index contributed by atoms with van der Waals surface area (Å²) in [5.41, 5.74) is 1.76. The minimum absolute atomic E-state index is 0.102. The van der Waals surface area contributed by atoms with Crippen LogP contribution < -0.4 is 20.7 Å². The number of urea groups is 1. The number of rotatable bonds is 8. The zero-order valence-electron chi connectivity index (χ0n) is 14.2. The van der Waals surface area contributed by atoms with E-state index in [9.17, 15) is 9.59 Å². The van der Waals surface area contributed by atoms with Crippen LogP contribution in [-0.2, 0) is 11.2 Å². The maximum Gasteiger partial charge on any atom is 0.319 e.